The Hall–Kier alpha value is 0.820. The van der Waals surface area contributed by atoms with Crippen LogP contribution in [0.1, 0.15) is 0 Å². The van der Waals surface area contributed by atoms with Gasteiger partial charge in [-0.05, 0) is 28.0 Å². The van der Waals surface area contributed by atoms with Crippen molar-refractivity contribution in [1.82, 2.24) is 0 Å². The number of hydrogen-bond donors (Lipinski definition) is 0. The molecule has 0 saturated heterocycles. The molecule has 0 bridgehead atoms. The van der Waals surface area contributed by atoms with Gasteiger partial charge in [0.2, 0.25) is 0 Å². The molecule has 0 aliphatic heterocycles. The van der Waals surface area contributed by atoms with Crippen LogP contribution in [0.3, 0.4) is 0 Å². The summed E-state index contributed by atoms with van der Waals surface area (Å²) in [6.45, 7) is 0. The molecule has 0 rings (SSSR count). The molecule has 0 aliphatic carbocycles. The normalized spacial score (nSPS) is 10.7. The monoisotopic (exact) mass is 229 g/mol. The van der Waals surface area contributed by atoms with E-state index >= 15 is 0 Å². The van der Waals surface area contributed by atoms with Crippen LogP contribution < -0.4 is 0 Å². The second-order valence-corrected chi connectivity index (χ2v) is 6.78. The number of nitrogens with zero attached hydrogens (tertiary/aromatic N) is 1. The molecular formula is C2H2INP2. The summed E-state index contributed by atoms with van der Waals surface area (Å²) >= 11 is 2.24. The Morgan fingerprint density at radius 3 is 2.83 bits per heavy atom. The Bertz CT molecular complexity index is 84.0. The van der Waals surface area contributed by atoms with Crippen molar-refractivity contribution in [1.29, 1.82) is 5.26 Å². The summed E-state index contributed by atoms with van der Waals surface area (Å²) in [4.78, 5) is 0. The summed E-state index contributed by atoms with van der Waals surface area (Å²) in [5.74, 6) is 2.42. The van der Waals surface area contributed by atoms with Crippen molar-refractivity contribution in [2.75, 3.05) is 0 Å². The Morgan fingerprint density at radius 2 is 2.67 bits per heavy atom. The molecule has 0 aromatic rings. The van der Waals surface area contributed by atoms with Crippen molar-refractivity contribution < 1.29 is 0 Å². The maximum atomic E-state index is 7.89. The van der Waals surface area contributed by atoms with E-state index in [1.165, 1.54) is 0 Å². The van der Waals surface area contributed by atoms with Gasteiger partial charge in [0.05, 0.1) is 6.07 Å². The van der Waals surface area contributed by atoms with Crippen LogP contribution in [0.15, 0.2) is 0 Å². The Kier molecular flexibility index (Phi) is 6.62. The Labute approximate surface area is 53.1 Å². The summed E-state index contributed by atoms with van der Waals surface area (Å²) in [7, 11) is 1.14. The molecule has 0 radical (unpaired) electrons. The minimum absolute atomic E-state index is 0.829. The average Bonchev–Trinajstić information content (AvgIpc) is 1.61. The van der Waals surface area contributed by atoms with E-state index in [2.05, 4.69) is 22.0 Å². The van der Waals surface area contributed by atoms with Crippen LogP contribution in [0.25, 0.3) is 0 Å². The van der Waals surface area contributed by atoms with Crippen LogP contribution in [-0.2, 0) is 0 Å². The fourth-order valence-corrected chi connectivity index (χ4v) is 1.73. The summed E-state index contributed by atoms with van der Waals surface area (Å²) in [6.07, 6.45) is 0. The van der Waals surface area contributed by atoms with Crippen LogP contribution >= 0.6 is 35.8 Å². The molecule has 0 spiro atoms. The van der Waals surface area contributed by atoms with E-state index in [0.717, 1.165) is 13.8 Å². The molecule has 0 N–H and O–H groups in total. The third-order valence-electron chi connectivity index (χ3n) is 0.171. The molecule has 0 aromatic carbocycles. The largest absolute Gasteiger partial charge is 0.193 e. The SMILES string of the molecule is N#CC=PPI. The minimum atomic E-state index is 0.829. The minimum Gasteiger partial charge on any atom is -0.193 e. The van der Waals surface area contributed by atoms with Crippen LogP contribution in [0.4, 0.5) is 0 Å². The van der Waals surface area contributed by atoms with Gasteiger partial charge in [0.1, 0.15) is 0 Å². The van der Waals surface area contributed by atoms with Crippen LogP contribution in [0, 0.1) is 11.3 Å². The van der Waals surface area contributed by atoms with E-state index in [1.54, 1.807) is 5.80 Å². The van der Waals surface area contributed by atoms with Gasteiger partial charge in [0.25, 0.3) is 0 Å². The van der Waals surface area contributed by atoms with Crippen molar-refractivity contribution in [3.05, 3.63) is 0 Å². The molecule has 32 valence electrons. The third-order valence-corrected chi connectivity index (χ3v) is 3.70. The molecule has 0 amide bonds. The smallest absolute Gasteiger partial charge is 0.0962 e. The Balaban J connectivity index is 3.02. The first-order valence-corrected chi connectivity index (χ1v) is 7.10. The third kappa shape index (κ3) is 4.82. The summed E-state index contributed by atoms with van der Waals surface area (Å²) in [5, 5.41) is 7.89. The van der Waals surface area contributed by atoms with E-state index < -0.39 is 0 Å². The number of rotatable bonds is 1. The number of hydrogen-bond acceptors (Lipinski definition) is 1. The van der Waals surface area contributed by atoms with E-state index in [4.69, 9.17) is 5.26 Å². The van der Waals surface area contributed by atoms with Gasteiger partial charge in [-0.3, -0.25) is 0 Å². The van der Waals surface area contributed by atoms with Gasteiger partial charge in [-0.25, -0.2) is 0 Å². The van der Waals surface area contributed by atoms with Gasteiger partial charge >= 0.3 is 0 Å². The van der Waals surface area contributed by atoms with E-state index in [0.29, 0.717) is 0 Å². The zero-order valence-electron chi connectivity index (χ0n) is 2.85. The quantitative estimate of drug-likeness (QED) is 0.499. The molecule has 0 aliphatic rings. The van der Waals surface area contributed by atoms with Gasteiger partial charge in [0.15, 0.2) is 0 Å². The second-order valence-electron chi connectivity index (χ2n) is 0.472. The van der Waals surface area contributed by atoms with Crippen molar-refractivity contribution >= 4 is 41.6 Å². The summed E-state index contributed by atoms with van der Waals surface area (Å²) in [5.41, 5.74) is 0. The first-order valence-electron chi connectivity index (χ1n) is 1.18. The average molecular weight is 229 g/mol. The highest BCUT2D eigenvalue weighted by Crippen LogP contribution is 2.35. The molecule has 0 saturated carbocycles. The molecule has 0 fully saturated rings. The summed E-state index contributed by atoms with van der Waals surface area (Å²) in [6, 6.07) is 1.93. The van der Waals surface area contributed by atoms with E-state index in [1.807, 2.05) is 6.07 Å². The lowest BCUT2D eigenvalue weighted by molar-refractivity contribution is 1.56. The fraction of sp³-hybridized carbons (Fsp3) is 0. The van der Waals surface area contributed by atoms with Crippen LogP contribution in [0.5, 0.6) is 0 Å². The molecular weight excluding hydrogens is 227 g/mol. The second kappa shape index (κ2) is 5.82. The van der Waals surface area contributed by atoms with Crippen LogP contribution in [0.2, 0.25) is 0 Å². The lowest BCUT2D eigenvalue weighted by Gasteiger charge is -1.61. The standard InChI is InChI=1S/C2H2INP2/c3-6-5-2-1-4/h2,6H. The van der Waals surface area contributed by atoms with E-state index in [9.17, 15) is 0 Å². The van der Waals surface area contributed by atoms with Crippen molar-refractivity contribution in [2.45, 2.75) is 0 Å². The first kappa shape index (κ1) is 6.82. The van der Waals surface area contributed by atoms with Gasteiger partial charge in [-0.1, -0.05) is 7.89 Å². The van der Waals surface area contributed by atoms with Gasteiger partial charge in [0, 0.05) is 5.80 Å². The maximum Gasteiger partial charge on any atom is 0.0962 e. The summed E-state index contributed by atoms with van der Waals surface area (Å²) < 4.78 is 0. The predicted octanol–water partition coefficient (Wildman–Crippen LogP) is 2.20. The number of halogens is 1. The van der Waals surface area contributed by atoms with E-state index in [-0.39, 0.29) is 0 Å². The van der Waals surface area contributed by atoms with Crippen molar-refractivity contribution in [3.63, 3.8) is 0 Å². The van der Waals surface area contributed by atoms with Crippen LogP contribution in [-0.4, -0.2) is 5.80 Å². The molecule has 0 aromatic heterocycles. The molecule has 4 heteroatoms. The zero-order valence-corrected chi connectivity index (χ0v) is 6.90. The molecule has 1 atom stereocenters. The zero-order chi connectivity index (χ0) is 4.83. The fourth-order valence-electron chi connectivity index (χ4n) is 0.0533. The molecule has 0 heterocycles. The molecule has 1 unspecified atom stereocenters. The molecule has 6 heavy (non-hydrogen) atoms. The lowest BCUT2D eigenvalue weighted by Crippen LogP contribution is -1.41. The van der Waals surface area contributed by atoms with Gasteiger partial charge in [-0.15, -0.1) is 0 Å². The maximum absolute atomic E-state index is 7.89. The van der Waals surface area contributed by atoms with Crippen molar-refractivity contribution in [2.24, 2.45) is 0 Å². The lowest BCUT2D eigenvalue weighted by atomic mass is 10.9. The highest BCUT2D eigenvalue weighted by Gasteiger charge is 1.60. The van der Waals surface area contributed by atoms with Gasteiger partial charge < -0.3 is 0 Å². The predicted molar refractivity (Wildman–Crippen MR) is 40.9 cm³/mol. The Morgan fingerprint density at radius 1 is 2.00 bits per heavy atom. The highest BCUT2D eigenvalue weighted by atomic mass is 127. The highest BCUT2D eigenvalue weighted by molar-refractivity contribution is 14.2. The van der Waals surface area contributed by atoms with Gasteiger partial charge in [-0.2, -0.15) is 5.26 Å². The first-order chi connectivity index (χ1) is 2.91. The number of nitriles is 1. The molecule has 1 nitrogen and oxygen atoms in total. The topological polar surface area (TPSA) is 23.8 Å². The van der Waals surface area contributed by atoms with Crippen molar-refractivity contribution in [3.8, 4) is 6.07 Å².